The van der Waals surface area contributed by atoms with Gasteiger partial charge in [-0.1, -0.05) is 24.3 Å². The molecule has 1 aromatic carbocycles. The predicted molar refractivity (Wildman–Crippen MR) is 74.7 cm³/mol. The third kappa shape index (κ3) is 4.10. The Bertz CT molecular complexity index is 473. The predicted octanol–water partition coefficient (Wildman–Crippen LogP) is 1.74. The van der Waals surface area contributed by atoms with Gasteiger partial charge in [-0.05, 0) is 49.4 Å². The molecule has 4 heteroatoms. The van der Waals surface area contributed by atoms with Crippen molar-refractivity contribution in [3.63, 3.8) is 0 Å². The van der Waals surface area contributed by atoms with E-state index in [0.717, 1.165) is 18.7 Å². The van der Waals surface area contributed by atoms with Crippen LogP contribution in [-0.2, 0) is 16.3 Å². The Morgan fingerprint density at radius 2 is 1.78 bits per heavy atom. The van der Waals surface area contributed by atoms with E-state index in [0.29, 0.717) is 12.3 Å². The number of hydrogen-bond acceptors (Lipinski definition) is 3. The number of aryl methyl sites for hydroxylation is 1. The van der Waals surface area contributed by atoms with Gasteiger partial charge in [0.05, 0.1) is 5.75 Å². The highest BCUT2D eigenvalue weighted by Crippen LogP contribution is 2.25. The van der Waals surface area contributed by atoms with Gasteiger partial charge in [0, 0.05) is 6.26 Å². The van der Waals surface area contributed by atoms with E-state index >= 15 is 0 Å². The van der Waals surface area contributed by atoms with Crippen molar-refractivity contribution in [1.82, 2.24) is 5.32 Å². The second kappa shape index (κ2) is 5.85. The smallest absolute Gasteiger partial charge is 0.147 e. The molecule has 0 radical (unpaired) electrons. The van der Waals surface area contributed by atoms with E-state index in [1.54, 1.807) is 0 Å². The molecule has 2 rings (SSSR count). The van der Waals surface area contributed by atoms with Crippen molar-refractivity contribution in [2.24, 2.45) is 0 Å². The van der Waals surface area contributed by atoms with Crippen LogP contribution in [0.1, 0.15) is 29.9 Å². The Kier molecular flexibility index (Phi) is 4.40. The Labute approximate surface area is 110 Å². The normalized spacial score (nSPS) is 17.8. The average Bonchev–Trinajstić information content (AvgIpc) is 2.37. The van der Waals surface area contributed by atoms with E-state index in [4.69, 9.17) is 0 Å². The fourth-order valence-corrected chi connectivity index (χ4v) is 3.02. The summed E-state index contributed by atoms with van der Waals surface area (Å²) in [5.74, 6) is 0.898. The first-order valence-corrected chi connectivity index (χ1v) is 8.58. The lowest BCUT2D eigenvalue weighted by Gasteiger charge is -2.23. The lowest BCUT2D eigenvalue weighted by molar-refractivity contribution is 0.460. The number of rotatable bonds is 4. The summed E-state index contributed by atoms with van der Waals surface area (Å²) in [6.45, 7) is 2.20. The van der Waals surface area contributed by atoms with Crippen LogP contribution in [0.3, 0.4) is 0 Å². The SMILES string of the molecule is CS(=O)(=O)CCc1ccc(C2CCNCC2)cc1. The summed E-state index contributed by atoms with van der Waals surface area (Å²) in [6, 6.07) is 8.46. The maximum absolute atomic E-state index is 11.1. The summed E-state index contributed by atoms with van der Waals surface area (Å²) < 4.78 is 22.2. The molecule has 0 saturated carbocycles. The van der Waals surface area contributed by atoms with Crippen molar-refractivity contribution in [3.8, 4) is 0 Å². The van der Waals surface area contributed by atoms with Crippen LogP contribution in [0.15, 0.2) is 24.3 Å². The molecule has 0 unspecified atom stereocenters. The highest BCUT2D eigenvalue weighted by atomic mass is 32.2. The van der Waals surface area contributed by atoms with Crippen molar-refractivity contribution >= 4 is 9.84 Å². The Morgan fingerprint density at radius 1 is 1.17 bits per heavy atom. The fraction of sp³-hybridized carbons (Fsp3) is 0.571. The van der Waals surface area contributed by atoms with Crippen LogP contribution in [0.25, 0.3) is 0 Å². The molecule has 3 nitrogen and oxygen atoms in total. The van der Waals surface area contributed by atoms with Crippen LogP contribution in [0.2, 0.25) is 0 Å². The molecule has 1 aliphatic rings. The Balaban J connectivity index is 1.96. The number of piperidine rings is 1. The third-order valence-corrected chi connectivity index (χ3v) is 4.50. The van der Waals surface area contributed by atoms with Gasteiger partial charge in [-0.25, -0.2) is 8.42 Å². The molecular formula is C14H21NO2S. The van der Waals surface area contributed by atoms with Crippen LogP contribution < -0.4 is 5.32 Å². The van der Waals surface area contributed by atoms with Gasteiger partial charge in [0.15, 0.2) is 0 Å². The standard InChI is InChI=1S/C14H21NO2S/c1-18(16,17)11-8-12-2-4-13(5-3-12)14-6-9-15-10-7-14/h2-5,14-15H,6-11H2,1H3. The lowest BCUT2D eigenvalue weighted by atomic mass is 9.90. The van der Waals surface area contributed by atoms with Gasteiger partial charge < -0.3 is 5.32 Å². The minimum atomic E-state index is -2.86. The van der Waals surface area contributed by atoms with Gasteiger partial charge in [-0.3, -0.25) is 0 Å². The topological polar surface area (TPSA) is 46.2 Å². The van der Waals surface area contributed by atoms with Gasteiger partial charge in [-0.2, -0.15) is 0 Å². The Morgan fingerprint density at radius 3 is 2.33 bits per heavy atom. The van der Waals surface area contributed by atoms with E-state index in [2.05, 4.69) is 29.6 Å². The molecular weight excluding hydrogens is 246 g/mol. The number of nitrogens with one attached hydrogen (secondary N) is 1. The van der Waals surface area contributed by atoms with Crippen molar-refractivity contribution in [2.75, 3.05) is 25.1 Å². The monoisotopic (exact) mass is 267 g/mol. The first-order chi connectivity index (χ1) is 8.54. The van der Waals surface area contributed by atoms with Gasteiger partial charge in [-0.15, -0.1) is 0 Å². The molecule has 0 bridgehead atoms. The molecule has 0 aromatic heterocycles. The van der Waals surface area contributed by atoms with E-state index in [1.165, 1.54) is 24.7 Å². The quantitative estimate of drug-likeness (QED) is 0.904. The molecule has 100 valence electrons. The molecule has 1 aromatic rings. The van der Waals surface area contributed by atoms with Crippen molar-refractivity contribution in [3.05, 3.63) is 35.4 Å². The molecule has 1 aliphatic heterocycles. The lowest BCUT2D eigenvalue weighted by Crippen LogP contribution is -2.26. The number of benzene rings is 1. The molecule has 1 fully saturated rings. The summed E-state index contributed by atoms with van der Waals surface area (Å²) in [4.78, 5) is 0. The summed E-state index contributed by atoms with van der Waals surface area (Å²) in [5.41, 5.74) is 2.50. The molecule has 0 amide bonds. The van der Waals surface area contributed by atoms with E-state index < -0.39 is 9.84 Å². The number of hydrogen-bond donors (Lipinski definition) is 1. The second-order valence-electron chi connectivity index (χ2n) is 5.15. The zero-order chi connectivity index (χ0) is 13.0. The van der Waals surface area contributed by atoms with Crippen LogP contribution >= 0.6 is 0 Å². The highest BCUT2D eigenvalue weighted by molar-refractivity contribution is 7.90. The van der Waals surface area contributed by atoms with Gasteiger partial charge in [0.1, 0.15) is 9.84 Å². The van der Waals surface area contributed by atoms with Crippen LogP contribution in [0.5, 0.6) is 0 Å². The maximum Gasteiger partial charge on any atom is 0.147 e. The fourth-order valence-electron chi connectivity index (χ4n) is 2.41. The summed E-state index contributed by atoms with van der Waals surface area (Å²) >= 11 is 0. The summed E-state index contributed by atoms with van der Waals surface area (Å²) in [7, 11) is -2.86. The first-order valence-electron chi connectivity index (χ1n) is 6.52. The Hall–Kier alpha value is -0.870. The molecule has 0 aliphatic carbocycles. The van der Waals surface area contributed by atoms with Gasteiger partial charge >= 0.3 is 0 Å². The summed E-state index contributed by atoms with van der Waals surface area (Å²) in [5, 5.41) is 3.37. The van der Waals surface area contributed by atoms with E-state index in [-0.39, 0.29) is 5.75 Å². The van der Waals surface area contributed by atoms with E-state index in [9.17, 15) is 8.42 Å². The molecule has 0 spiro atoms. The first kappa shape index (κ1) is 13.6. The van der Waals surface area contributed by atoms with Gasteiger partial charge in [0.25, 0.3) is 0 Å². The van der Waals surface area contributed by atoms with Crippen molar-refractivity contribution < 1.29 is 8.42 Å². The maximum atomic E-state index is 11.1. The summed E-state index contributed by atoms with van der Waals surface area (Å²) in [6.07, 6.45) is 4.30. The van der Waals surface area contributed by atoms with Crippen molar-refractivity contribution in [1.29, 1.82) is 0 Å². The molecule has 18 heavy (non-hydrogen) atoms. The van der Waals surface area contributed by atoms with E-state index in [1.807, 2.05) is 0 Å². The molecule has 0 atom stereocenters. The minimum Gasteiger partial charge on any atom is -0.317 e. The number of sulfone groups is 1. The second-order valence-corrected chi connectivity index (χ2v) is 7.41. The largest absolute Gasteiger partial charge is 0.317 e. The molecule has 1 N–H and O–H groups in total. The van der Waals surface area contributed by atoms with Gasteiger partial charge in [0.2, 0.25) is 0 Å². The van der Waals surface area contributed by atoms with Crippen LogP contribution in [-0.4, -0.2) is 33.5 Å². The minimum absolute atomic E-state index is 0.236. The zero-order valence-corrected chi connectivity index (χ0v) is 11.7. The average molecular weight is 267 g/mol. The molecule has 1 heterocycles. The van der Waals surface area contributed by atoms with Crippen molar-refractivity contribution in [2.45, 2.75) is 25.2 Å². The highest BCUT2D eigenvalue weighted by Gasteiger charge is 2.14. The zero-order valence-electron chi connectivity index (χ0n) is 10.9. The van der Waals surface area contributed by atoms with Crippen LogP contribution in [0.4, 0.5) is 0 Å². The third-order valence-electron chi connectivity index (χ3n) is 3.55. The molecule has 1 saturated heterocycles. The van der Waals surface area contributed by atoms with Crippen LogP contribution in [0, 0.1) is 0 Å².